The Hall–Kier alpha value is -1.91. The van der Waals surface area contributed by atoms with E-state index < -0.39 is 0 Å². The van der Waals surface area contributed by atoms with Crippen LogP contribution < -0.4 is 10.9 Å². The second kappa shape index (κ2) is 5.61. The molecule has 4 heteroatoms. The largest absolute Gasteiger partial charge is 0.338 e. The molecule has 3 N–H and O–H groups in total. The number of H-pyrrole nitrogens is 1. The van der Waals surface area contributed by atoms with Crippen LogP contribution in [0.15, 0.2) is 46.6 Å². The average Bonchev–Trinajstić information content (AvgIpc) is 2.93. The number of aromatic amines is 1. The summed E-state index contributed by atoms with van der Waals surface area (Å²) in [6, 6.07) is 12.3. The second-order valence-electron chi connectivity index (χ2n) is 4.99. The summed E-state index contributed by atoms with van der Waals surface area (Å²) in [5, 5.41) is 5.33. The predicted molar refractivity (Wildman–Crippen MR) is 83.0 cm³/mol. The summed E-state index contributed by atoms with van der Waals surface area (Å²) in [7, 11) is 0. The van der Waals surface area contributed by atoms with Gasteiger partial charge in [0.25, 0.3) is 5.56 Å². The van der Waals surface area contributed by atoms with E-state index in [1.54, 1.807) is 11.3 Å². The minimum Gasteiger partial charge on any atom is -0.338 e. The van der Waals surface area contributed by atoms with Crippen LogP contribution in [0.4, 0.5) is 0 Å². The maximum absolute atomic E-state index is 12.1. The van der Waals surface area contributed by atoms with Crippen molar-refractivity contribution >= 4 is 22.2 Å². The van der Waals surface area contributed by atoms with Crippen molar-refractivity contribution in [2.75, 3.05) is 0 Å². The zero-order chi connectivity index (χ0) is 13.9. The lowest BCUT2D eigenvalue weighted by Gasteiger charge is -2.03. The van der Waals surface area contributed by atoms with Crippen molar-refractivity contribution in [3.8, 4) is 0 Å². The van der Waals surface area contributed by atoms with E-state index in [0.29, 0.717) is 6.54 Å². The lowest BCUT2D eigenvalue weighted by Crippen LogP contribution is -2.81. The van der Waals surface area contributed by atoms with Crippen molar-refractivity contribution in [2.24, 2.45) is 0 Å². The Morgan fingerprint density at radius 2 is 2.10 bits per heavy atom. The summed E-state index contributed by atoms with van der Waals surface area (Å²) >= 11 is 1.75. The van der Waals surface area contributed by atoms with Crippen LogP contribution in [0.1, 0.15) is 16.0 Å². The van der Waals surface area contributed by atoms with Gasteiger partial charge in [0, 0.05) is 5.52 Å². The Kier molecular flexibility index (Phi) is 3.67. The number of nitrogens with two attached hydrogens (primary N) is 1. The number of fused-ring (bicyclic) bond motifs is 1. The van der Waals surface area contributed by atoms with Crippen LogP contribution in [0.3, 0.4) is 0 Å². The van der Waals surface area contributed by atoms with E-state index in [0.717, 1.165) is 28.6 Å². The third kappa shape index (κ3) is 2.81. The smallest absolute Gasteiger partial charge is 0.257 e. The first-order valence-electron chi connectivity index (χ1n) is 6.69. The lowest BCUT2D eigenvalue weighted by atomic mass is 10.1. The molecule has 20 heavy (non-hydrogen) atoms. The third-order valence-corrected chi connectivity index (χ3v) is 4.27. The van der Waals surface area contributed by atoms with Gasteiger partial charge in [0.15, 0.2) is 0 Å². The SMILES string of the molecule is Cc1ccc2cc(C[NH2+]Cc3cccs3)c(=O)[nH]c2c1. The van der Waals surface area contributed by atoms with Gasteiger partial charge < -0.3 is 10.3 Å². The summed E-state index contributed by atoms with van der Waals surface area (Å²) in [5.41, 5.74) is 2.92. The Morgan fingerprint density at radius 1 is 1.20 bits per heavy atom. The summed E-state index contributed by atoms with van der Waals surface area (Å²) in [5.74, 6) is 0. The second-order valence-corrected chi connectivity index (χ2v) is 6.02. The number of nitrogens with one attached hydrogen (secondary N) is 1. The lowest BCUT2D eigenvalue weighted by molar-refractivity contribution is -0.685. The molecule has 3 aromatic rings. The van der Waals surface area contributed by atoms with Gasteiger partial charge in [-0.05, 0) is 41.5 Å². The highest BCUT2D eigenvalue weighted by Crippen LogP contribution is 2.12. The number of hydrogen-bond donors (Lipinski definition) is 2. The van der Waals surface area contributed by atoms with Crippen LogP contribution in [0.5, 0.6) is 0 Å². The Morgan fingerprint density at radius 3 is 2.90 bits per heavy atom. The van der Waals surface area contributed by atoms with E-state index in [1.807, 2.05) is 19.1 Å². The van der Waals surface area contributed by atoms with E-state index in [9.17, 15) is 4.79 Å². The van der Waals surface area contributed by atoms with Crippen molar-refractivity contribution < 1.29 is 5.32 Å². The first-order valence-corrected chi connectivity index (χ1v) is 7.57. The molecule has 0 saturated carbocycles. The van der Waals surface area contributed by atoms with Crippen LogP contribution in [-0.4, -0.2) is 4.98 Å². The molecule has 1 aromatic carbocycles. The van der Waals surface area contributed by atoms with Crippen LogP contribution in [0.25, 0.3) is 10.9 Å². The molecule has 3 rings (SSSR count). The highest BCUT2D eigenvalue weighted by molar-refractivity contribution is 7.09. The van der Waals surface area contributed by atoms with Gasteiger partial charge in [-0.25, -0.2) is 0 Å². The highest BCUT2D eigenvalue weighted by Gasteiger charge is 2.05. The molecule has 2 aromatic heterocycles. The fraction of sp³-hybridized carbons (Fsp3) is 0.188. The molecular weight excluding hydrogens is 268 g/mol. The van der Waals surface area contributed by atoms with Crippen molar-refractivity contribution in [2.45, 2.75) is 20.0 Å². The van der Waals surface area contributed by atoms with Gasteiger partial charge in [0.05, 0.1) is 10.4 Å². The fourth-order valence-corrected chi connectivity index (χ4v) is 3.01. The maximum Gasteiger partial charge on any atom is 0.257 e. The molecule has 0 spiro atoms. The van der Waals surface area contributed by atoms with Gasteiger partial charge >= 0.3 is 0 Å². The number of benzene rings is 1. The van der Waals surface area contributed by atoms with E-state index in [2.05, 4.69) is 39.9 Å². The van der Waals surface area contributed by atoms with E-state index >= 15 is 0 Å². The molecular formula is C16H17N2OS+. The summed E-state index contributed by atoms with van der Waals surface area (Å²) in [4.78, 5) is 16.4. The standard InChI is InChI=1S/C16H16N2OS/c1-11-4-5-12-8-13(16(19)18-15(12)7-11)9-17-10-14-3-2-6-20-14/h2-8,17H,9-10H2,1H3,(H,18,19)/p+1. The monoisotopic (exact) mass is 285 g/mol. The molecule has 0 radical (unpaired) electrons. The van der Waals surface area contributed by atoms with Crippen LogP contribution in [0.2, 0.25) is 0 Å². The molecule has 0 unspecified atom stereocenters. The van der Waals surface area contributed by atoms with Crippen molar-refractivity contribution in [1.29, 1.82) is 0 Å². The number of hydrogen-bond acceptors (Lipinski definition) is 2. The molecule has 3 nitrogen and oxygen atoms in total. The molecule has 0 aliphatic heterocycles. The summed E-state index contributed by atoms with van der Waals surface area (Å²) < 4.78 is 0. The highest BCUT2D eigenvalue weighted by atomic mass is 32.1. The molecule has 0 saturated heterocycles. The molecule has 0 fully saturated rings. The minimum atomic E-state index is 0.0190. The Labute approximate surface area is 121 Å². The molecule has 102 valence electrons. The predicted octanol–water partition coefficient (Wildman–Crippen LogP) is 2.16. The summed E-state index contributed by atoms with van der Waals surface area (Å²) in [6.45, 7) is 3.65. The Bertz CT molecular complexity index is 775. The van der Waals surface area contributed by atoms with Gasteiger partial charge in [0.2, 0.25) is 0 Å². The fourth-order valence-electron chi connectivity index (χ4n) is 2.31. The first kappa shape index (κ1) is 13.1. The molecule has 0 bridgehead atoms. The summed E-state index contributed by atoms with van der Waals surface area (Å²) in [6.07, 6.45) is 0. The van der Waals surface area contributed by atoms with E-state index in [4.69, 9.17) is 0 Å². The zero-order valence-electron chi connectivity index (χ0n) is 11.3. The molecule has 0 amide bonds. The molecule has 0 atom stereocenters. The number of thiophene rings is 1. The van der Waals surface area contributed by atoms with Gasteiger partial charge in [0.1, 0.15) is 13.1 Å². The van der Waals surface area contributed by atoms with Gasteiger partial charge in [-0.1, -0.05) is 18.2 Å². The average molecular weight is 285 g/mol. The molecule has 0 aliphatic carbocycles. The first-order chi connectivity index (χ1) is 9.72. The normalized spacial score (nSPS) is 11.1. The topological polar surface area (TPSA) is 49.5 Å². The maximum atomic E-state index is 12.1. The Balaban J connectivity index is 1.79. The minimum absolute atomic E-state index is 0.0190. The quantitative estimate of drug-likeness (QED) is 0.758. The van der Waals surface area contributed by atoms with Crippen molar-refractivity contribution in [3.05, 3.63) is 68.1 Å². The van der Waals surface area contributed by atoms with Gasteiger partial charge in [-0.3, -0.25) is 4.79 Å². The molecule has 2 heterocycles. The number of quaternary nitrogens is 1. The van der Waals surface area contributed by atoms with E-state index in [1.165, 1.54) is 4.88 Å². The van der Waals surface area contributed by atoms with Crippen LogP contribution in [0, 0.1) is 6.92 Å². The van der Waals surface area contributed by atoms with Gasteiger partial charge in [-0.15, -0.1) is 11.3 Å². The third-order valence-electron chi connectivity index (χ3n) is 3.37. The number of rotatable bonds is 4. The van der Waals surface area contributed by atoms with Crippen molar-refractivity contribution in [3.63, 3.8) is 0 Å². The number of pyridine rings is 1. The number of aromatic nitrogens is 1. The van der Waals surface area contributed by atoms with Gasteiger partial charge in [-0.2, -0.15) is 0 Å². The van der Waals surface area contributed by atoms with Crippen LogP contribution >= 0.6 is 11.3 Å². The van der Waals surface area contributed by atoms with Crippen molar-refractivity contribution in [1.82, 2.24) is 4.98 Å². The number of aryl methyl sites for hydroxylation is 1. The van der Waals surface area contributed by atoms with E-state index in [-0.39, 0.29) is 5.56 Å². The van der Waals surface area contributed by atoms with Crippen LogP contribution in [-0.2, 0) is 13.1 Å². The molecule has 0 aliphatic rings. The zero-order valence-corrected chi connectivity index (χ0v) is 12.2.